The maximum Gasteiger partial charge on any atom is 0.275 e. The van der Waals surface area contributed by atoms with Crippen molar-refractivity contribution in [2.75, 3.05) is 41.0 Å². The lowest BCUT2D eigenvalue weighted by Crippen LogP contribution is -3.11. The molecule has 1 unspecified atom stereocenters. The summed E-state index contributed by atoms with van der Waals surface area (Å²) in [6.45, 7) is 2.05. The van der Waals surface area contributed by atoms with Crippen LogP contribution in [0.2, 0.25) is 0 Å². The van der Waals surface area contributed by atoms with Crippen molar-refractivity contribution in [3.05, 3.63) is 53.6 Å². The van der Waals surface area contributed by atoms with Gasteiger partial charge in [-0.15, -0.1) is 0 Å². The molecule has 1 amide bonds. The fraction of sp³-hybridized carbons (Fsp3) is 0.435. The number of carbonyl (C=O) groups is 1. The SMILES string of the molecule is COc1ccc([C@H]2CCC[NH+]2CC(=O)NCCc2ccccc2OC)c(OC)c1. The normalized spacial score (nSPS) is 18.3. The predicted molar refractivity (Wildman–Crippen MR) is 112 cm³/mol. The van der Waals surface area contributed by atoms with Crippen molar-refractivity contribution >= 4 is 5.91 Å². The van der Waals surface area contributed by atoms with E-state index in [2.05, 4.69) is 11.4 Å². The van der Waals surface area contributed by atoms with Crippen molar-refractivity contribution < 1.29 is 23.9 Å². The van der Waals surface area contributed by atoms with Gasteiger partial charge in [-0.3, -0.25) is 4.79 Å². The van der Waals surface area contributed by atoms with Crippen LogP contribution < -0.4 is 24.4 Å². The van der Waals surface area contributed by atoms with Crippen LogP contribution in [0.3, 0.4) is 0 Å². The van der Waals surface area contributed by atoms with Crippen LogP contribution in [0, 0.1) is 0 Å². The van der Waals surface area contributed by atoms with Gasteiger partial charge in [0.25, 0.3) is 5.91 Å². The smallest absolute Gasteiger partial charge is 0.275 e. The summed E-state index contributed by atoms with van der Waals surface area (Å²) in [7, 11) is 5.00. The third-order valence-electron chi connectivity index (χ3n) is 5.60. The number of likely N-dealkylation sites (tertiary alicyclic amines) is 1. The van der Waals surface area contributed by atoms with Gasteiger partial charge in [-0.1, -0.05) is 18.2 Å². The molecule has 1 aliphatic heterocycles. The molecule has 2 aromatic rings. The summed E-state index contributed by atoms with van der Waals surface area (Å²) in [6, 6.07) is 14.1. The summed E-state index contributed by atoms with van der Waals surface area (Å²) < 4.78 is 16.3. The molecule has 0 spiro atoms. The highest BCUT2D eigenvalue weighted by Crippen LogP contribution is 2.31. The third kappa shape index (κ3) is 5.21. The molecule has 1 heterocycles. The summed E-state index contributed by atoms with van der Waals surface area (Å²) in [5.74, 6) is 2.54. The third-order valence-corrected chi connectivity index (χ3v) is 5.60. The molecule has 6 heteroatoms. The second-order valence-corrected chi connectivity index (χ2v) is 7.30. The Bertz CT molecular complexity index is 824. The van der Waals surface area contributed by atoms with Gasteiger partial charge in [-0.2, -0.15) is 0 Å². The minimum absolute atomic E-state index is 0.0780. The minimum Gasteiger partial charge on any atom is -0.497 e. The van der Waals surface area contributed by atoms with Crippen LogP contribution >= 0.6 is 0 Å². The molecular weight excluding hydrogens is 368 g/mol. The van der Waals surface area contributed by atoms with Crippen LogP contribution in [0.15, 0.2) is 42.5 Å². The molecule has 156 valence electrons. The highest BCUT2D eigenvalue weighted by Gasteiger charge is 2.33. The summed E-state index contributed by atoms with van der Waals surface area (Å²) in [4.78, 5) is 13.8. The maximum absolute atomic E-state index is 12.6. The number of nitrogens with one attached hydrogen (secondary N) is 2. The average molecular weight is 400 g/mol. The number of amides is 1. The van der Waals surface area contributed by atoms with Crippen LogP contribution in [0.25, 0.3) is 0 Å². The molecule has 1 saturated heterocycles. The summed E-state index contributed by atoms with van der Waals surface area (Å²) in [6.07, 6.45) is 2.90. The second kappa shape index (κ2) is 10.2. The molecule has 29 heavy (non-hydrogen) atoms. The van der Waals surface area contributed by atoms with E-state index in [1.54, 1.807) is 21.3 Å². The molecule has 0 aromatic heterocycles. The molecule has 0 radical (unpaired) electrons. The van der Waals surface area contributed by atoms with Crippen LogP contribution in [0.5, 0.6) is 17.2 Å². The van der Waals surface area contributed by atoms with Gasteiger partial charge >= 0.3 is 0 Å². The summed E-state index contributed by atoms with van der Waals surface area (Å²) >= 11 is 0. The molecule has 2 aromatic carbocycles. The number of hydrogen-bond acceptors (Lipinski definition) is 4. The van der Waals surface area contributed by atoms with E-state index in [-0.39, 0.29) is 11.9 Å². The first-order chi connectivity index (χ1) is 14.2. The number of hydrogen-bond donors (Lipinski definition) is 2. The molecule has 1 fully saturated rings. The monoisotopic (exact) mass is 399 g/mol. The Labute approximate surface area is 172 Å². The number of para-hydroxylation sites is 1. The van der Waals surface area contributed by atoms with E-state index >= 15 is 0 Å². The quantitative estimate of drug-likeness (QED) is 0.675. The van der Waals surface area contributed by atoms with E-state index in [4.69, 9.17) is 14.2 Å². The van der Waals surface area contributed by atoms with Gasteiger partial charge in [0.15, 0.2) is 6.54 Å². The molecule has 1 aliphatic rings. The zero-order valence-corrected chi connectivity index (χ0v) is 17.5. The molecule has 0 bridgehead atoms. The first kappa shape index (κ1) is 21.0. The highest BCUT2D eigenvalue weighted by atomic mass is 16.5. The Morgan fingerprint density at radius 2 is 1.86 bits per heavy atom. The fourth-order valence-electron chi connectivity index (χ4n) is 4.12. The van der Waals surface area contributed by atoms with Gasteiger partial charge in [-0.25, -0.2) is 0 Å². The first-order valence-electron chi connectivity index (χ1n) is 10.1. The van der Waals surface area contributed by atoms with Gasteiger partial charge in [0.2, 0.25) is 0 Å². The zero-order valence-electron chi connectivity index (χ0n) is 17.5. The number of quaternary nitrogens is 1. The Balaban J connectivity index is 1.57. The second-order valence-electron chi connectivity index (χ2n) is 7.30. The maximum atomic E-state index is 12.6. The topological polar surface area (TPSA) is 61.2 Å². The number of methoxy groups -OCH3 is 3. The lowest BCUT2D eigenvalue weighted by atomic mass is 10.0. The van der Waals surface area contributed by atoms with Crippen molar-refractivity contribution in [2.24, 2.45) is 0 Å². The minimum atomic E-state index is 0.0780. The van der Waals surface area contributed by atoms with Crippen molar-refractivity contribution in [2.45, 2.75) is 25.3 Å². The molecule has 0 saturated carbocycles. The van der Waals surface area contributed by atoms with Gasteiger partial charge in [0.05, 0.1) is 33.4 Å². The van der Waals surface area contributed by atoms with Crippen LogP contribution in [-0.4, -0.2) is 46.9 Å². The molecular formula is C23H31N2O4+. The molecule has 0 aliphatic carbocycles. The van der Waals surface area contributed by atoms with Crippen molar-refractivity contribution in [1.29, 1.82) is 0 Å². The molecule has 2 N–H and O–H groups in total. The van der Waals surface area contributed by atoms with Gasteiger partial charge < -0.3 is 24.4 Å². The van der Waals surface area contributed by atoms with Crippen molar-refractivity contribution in [3.63, 3.8) is 0 Å². The standard InChI is InChI=1S/C23H30N2O4/c1-27-18-10-11-19(22(15-18)29-3)20-8-6-14-25(20)16-23(26)24-13-12-17-7-4-5-9-21(17)28-2/h4-5,7,9-11,15,20H,6,8,12-14,16H2,1-3H3,(H,24,26)/p+1/t20-/m1/s1. The number of ether oxygens (including phenoxy) is 3. The van der Waals surface area contributed by atoms with E-state index in [1.807, 2.05) is 36.4 Å². The highest BCUT2D eigenvalue weighted by molar-refractivity contribution is 5.76. The van der Waals surface area contributed by atoms with E-state index < -0.39 is 0 Å². The van der Waals surface area contributed by atoms with E-state index in [0.717, 1.165) is 54.2 Å². The van der Waals surface area contributed by atoms with Crippen LogP contribution in [0.4, 0.5) is 0 Å². The lowest BCUT2D eigenvalue weighted by Gasteiger charge is -2.23. The van der Waals surface area contributed by atoms with Gasteiger partial charge in [0.1, 0.15) is 23.3 Å². The van der Waals surface area contributed by atoms with E-state index in [1.165, 1.54) is 4.90 Å². The van der Waals surface area contributed by atoms with E-state index in [9.17, 15) is 4.79 Å². The number of rotatable bonds is 9. The first-order valence-corrected chi connectivity index (χ1v) is 10.1. The van der Waals surface area contributed by atoms with Crippen LogP contribution in [-0.2, 0) is 11.2 Å². The van der Waals surface area contributed by atoms with Crippen molar-refractivity contribution in [3.8, 4) is 17.2 Å². The largest absolute Gasteiger partial charge is 0.497 e. The van der Waals surface area contributed by atoms with Gasteiger partial charge in [0, 0.05) is 25.5 Å². The molecule has 3 rings (SSSR count). The van der Waals surface area contributed by atoms with Crippen molar-refractivity contribution in [1.82, 2.24) is 5.32 Å². The number of benzene rings is 2. The zero-order chi connectivity index (χ0) is 20.6. The van der Waals surface area contributed by atoms with Crippen LogP contribution in [0.1, 0.15) is 30.0 Å². The predicted octanol–water partition coefficient (Wildman–Crippen LogP) is 1.79. The Hall–Kier alpha value is -2.73. The molecule has 6 nitrogen and oxygen atoms in total. The Morgan fingerprint density at radius 3 is 2.62 bits per heavy atom. The summed E-state index contributed by atoms with van der Waals surface area (Å²) in [5.41, 5.74) is 2.24. The fourth-order valence-corrected chi connectivity index (χ4v) is 4.12. The molecule has 2 atom stereocenters. The Morgan fingerprint density at radius 1 is 1.07 bits per heavy atom. The number of carbonyl (C=O) groups excluding carboxylic acids is 1. The average Bonchev–Trinajstić information content (AvgIpc) is 3.21. The van der Waals surface area contributed by atoms with E-state index in [0.29, 0.717) is 13.1 Å². The lowest BCUT2D eigenvalue weighted by molar-refractivity contribution is -0.910. The Kier molecular flexibility index (Phi) is 7.36. The summed E-state index contributed by atoms with van der Waals surface area (Å²) in [5, 5.41) is 3.06. The van der Waals surface area contributed by atoms with Gasteiger partial charge in [-0.05, 0) is 30.2 Å².